The van der Waals surface area contributed by atoms with Gasteiger partial charge in [-0.1, -0.05) is 0 Å². The normalized spacial score (nSPS) is 35.2. The SMILES string of the molecule is O=CC(O)C(O)C(O)C(O)CO.OCC1OC(O)C(O)C(O)C1O. The number of ether oxygens (including phenoxy) is 1. The van der Waals surface area contributed by atoms with Crippen LogP contribution in [-0.4, -0.2) is 126 Å². The molecule has 0 aromatic rings. The van der Waals surface area contributed by atoms with Gasteiger partial charge in [0.05, 0.1) is 13.2 Å². The Hall–Kier alpha value is -0.770. The van der Waals surface area contributed by atoms with Crippen LogP contribution in [0.25, 0.3) is 0 Å². The van der Waals surface area contributed by atoms with E-state index in [0.29, 0.717) is 0 Å². The van der Waals surface area contributed by atoms with Gasteiger partial charge < -0.3 is 60.6 Å². The Kier molecular flexibility index (Phi) is 10.6. The zero-order valence-corrected chi connectivity index (χ0v) is 12.5. The summed E-state index contributed by atoms with van der Waals surface area (Å²) in [5, 5.41) is 88.2. The number of carbonyl (C=O) groups is 1. The highest BCUT2D eigenvalue weighted by Gasteiger charge is 2.42. The minimum absolute atomic E-state index is 0.0258. The third kappa shape index (κ3) is 6.27. The molecule has 0 aromatic carbocycles. The molecule has 1 rings (SSSR count). The standard InChI is InChI=1S/2C6H12O6/c7-1-2-3(8)4(9)5(10)6(11)12-2;7-1-3(9)5(11)6(12)4(10)2-8/h2-11H,1H2;1,3-6,8-12H,2H2. The molecule has 144 valence electrons. The molecule has 1 aliphatic heterocycles. The maximum atomic E-state index is 9.90. The van der Waals surface area contributed by atoms with Crippen molar-refractivity contribution < 1.29 is 60.6 Å². The van der Waals surface area contributed by atoms with Gasteiger partial charge in [0.1, 0.15) is 48.8 Å². The fraction of sp³-hybridized carbons (Fsp3) is 0.917. The topological polar surface area (TPSA) is 229 Å². The Morgan fingerprint density at radius 1 is 0.875 bits per heavy atom. The molecule has 0 spiro atoms. The van der Waals surface area contributed by atoms with Crippen molar-refractivity contribution >= 4 is 6.29 Å². The van der Waals surface area contributed by atoms with Crippen molar-refractivity contribution in [1.29, 1.82) is 0 Å². The molecule has 1 saturated heterocycles. The third-order valence-corrected chi connectivity index (χ3v) is 3.29. The second-order valence-corrected chi connectivity index (χ2v) is 5.08. The fourth-order valence-electron chi connectivity index (χ4n) is 1.70. The second-order valence-electron chi connectivity index (χ2n) is 5.08. The monoisotopic (exact) mass is 360 g/mol. The first kappa shape index (κ1) is 23.2. The molecule has 1 fully saturated rings. The molecule has 0 amide bonds. The number of aliphatic hydroxyl groups excluding tert-OH is 10. The Balaban J connectivity index is 0.000000441. The minimum atomic E-state index is -1.79. The van der Waals surface area contributed by atoms with E-state index in [0.717, 1.165) is 0 Å². The number of aldehydes is 1. The number of aliphatic hydroxyl groups is 10. The van der Waals surface area contributed by atoms with Gasteiger partial charge in [-0.05, 0) is 0 Å². The van der Waals surface area contributed by atoms with E-state index in [1.807, 2.05) is 0 Å². The van der Waals surface area contributed by atoms with Gasteiger partial charge in [0.25, 0.3) is 0 Å². The molecular formula is C12H24O12. The summed E-state index contributed by atoms with van der Waals surface area (Å²) in [5.74, 6) is 0. The molecule has 0 aromatic heterocycles. The molecule has 0 saturated carbocycles. The lowest BCUT2D eigenvalue weighted by Gasteiger charge is -2.37. The Morgan fingerprint density at radius 2 is 1.42 bits per heavy atom. The predicted octanol–water partition coefficient (Wildman–Crippen LogP) is -6.60. The lowest BCUT2D eigenvalue weighted by molar-refractivity contribution is -0.286. The lowest BCUT2D eigenvalue weighted by atomic mass is 10.00. The van der Waals surface area contributed by atoms with Crippen molar-refractivity contribution in [2.24, 2.45) is 0 Å². The first-order valence-corrected chi connectivity index (χ1v) is 6.89. The Morgan fingerprint density at radius 3 is 1.83 bits per heavy atom. The molecular weight excluding hydrogens is 336 g/mol. The molecule has 9 unspecified atom stereocenters. The molecule has 9 atom stereocenters. The van der Waals surface area contributed by atoms with E-state index in [4.69, 9.17) is 51.1 Å². The second kappa shape index (κ2) is 11.0. The van der Waals surface area contributed by atoms with Gasteiger partial charge in [-0.15, -0.1) is 0 Å². The van der Waals surface area contributed by atoms with Crippen LogP contribution in [0.1, 0.15) is 0 Å². The highest BCUT2D eigenvalue weighted by Crippen LogP contribution is 2.19. The van der Waals surface area contributed by atoms with Crippen LogP contribution in [0.3, 0.4) is 0 Å². The van der Waals surface area contributed by atoms with Crippen LogP contribution in [0.5, 0.6) is 0 Å². The quantitative estimate of drug-likeness (QED) is 0.199. The van der Waals surface area contributed by atoms with E-state index in [-0.39, 0.29) is 6.29 Å². The summed E-state index contributed by atoms with van der Waals surface area (Å²) in [6.45, 7) is -1.29. The molecule has 12 heteroatoms. The van der Waals surface area contributed by atoms with Gasteiger partial charge >= 0.3 is 0 Å². The molecule has 0 bridgehead atoms. The minimum Gasteiger partial charge on any atom is -0.394 e. The molecule has 1 aliphatic rings. The Labute approximate surface area is 136 Å². The number of carbonyl (C=O) groups excluding carboxylic acids is 1. The highest BCUT2D eigenvalue weighted by atomic mass is 16.6. The highest BCUT2D eigenvalue weighted by molar-refractivity contribution is 5.56. The van der Waals surface area contributed by atoms with Crippen molar-refractivity contribution in [1.82, 2.24) is 0 Å². The van der Waals surface area contributed by atoms with Crippen LogP contribution in [0.15, 0.2) is 0 Å². The van der Waals surface area contributed by atoms with E-state index < -0.39 is 68.3 Å². The van der Waals surface area contributed by atoms with Crippen LogP contribution in [0, 0.1) is 0 Å². The average Bonchev–Trinajstić information content (AvgIpc) is 2.60. The van der Waals surface area contributed by atoms with E-state index in [1.54, 1.807) is 0 Å². The van der Waals surface area contributed by atoms with E-state index in [9.17, 15) is 4.79 Å². The van der Waals surface area contributed by atoms with E-state index in [1.165, 1.54) is 0 Å². The summed E-state index contributed by atoms with van der Waals surface area (Å²) in [4.78, 5) is 9.90. The zero-order chi connectivity index (χ0) is 19.0. The molecule has 12 nitrogen and oxygen atoms in total. The maximum Gasteiger partial charge on any atom is 0.184 e. The summed E-state index contributed by atoms with van der Waals surface area (Å²) in [7, 11) is 0. The van der Waals surface area contributed by atoms with Crippen molar-refractivity contribution in [3.05, 3.63) is 0 Å². The molecule has 0 aliphatic carbocycles. The first-order chi connectivity index (χ1) is 11.1. The number of rotatable bonds is 6. The van der Waals surface area contributed by atoms with Crippen LogP contribution < -0.4 is 0 Å². The Bertz CT molecular complexity index is 350. The van der Waals surface area contributed by atoms with Crippen molar-refractivity contribution in [3.63, 3.8) is 0 Å². The smallest absolute Gasteiger partial charge is 0.184 e. The van der Waals surface area contributed by atoms with Crippen LogP contribution in [0.4, 0.5) is 0 Å². The van der Waals surface area contributed by atoms with Crippen molar-refractivity contribution in [2.75, 3.05) is 13.2 Å². The lowest BCUT2D eigenvalue weighted by Crippen LogP contribution is -2.58. The van der Waals surface area contributed by atoms with E-state index in [2.05, 4.69) is 4.74 Å². The van der Waals surface area contributed by atoms with Gasteiger partial charge in [-0.3, -0.25) is 0 Å². The predicted molar refractivity (Wildman–Crippen MR) is 73.2 cm³/mol. The first-order valence-electron chi connectivity index (χ1n) is 6.89. The van der Waals surface area contributed by atoms with Crippen LogP contribution in [0.2, 0.25) is 0 Å². The van der Waals surface area contributed by atoms with E-state index >= 15 is 0 Å². The summed E-state index contributed by atoms with van der Waals surface area (Å²) in [6.07, 6.45) is -13.9. The largest absolute Gasteiger partial charge is 0.394 e. The number of hydrogen-bond donors (Lipinski definition) is 10. The van der Waals surface area contributed by atoms with Crippen LogP contribution >= 0.6 is 0 Å². The fourth-order valence-corrected chi connectivity index (χ4v) is 1.70. The molecule has 1 heterocycles. The molecule has 10 N–H and O–H groups in total. The summed E-state index contributed by atoms with van der Waals surface area (Å²) in [6, 6.07) is 0. The number of hydrogen-bond acceptors (Lipinski definition) is 12. The van der Waals surface area contributed by atoms with Gasteiger partial charge in [0, 0.05) is 0 Å². The van der Waals surface area contributed by atoms with Gasteiger partial charge in [0.2, 0.25) is 0 Å². The summed E-state index contributed by atoms with van der Waals surface area (Å²) >= 11 is 0. The maximum absolute atomic E-state index is 9.90. The van der Waals surface area contributed by atoms with Crippen molar-refractivity contribution in [3.8, 4) is 0 Å². The van der Waals surface area contributed by atoms with Crippen molar-refractivity contribution in [2.45, 2.75) is 55.1 Å². The molecule has 0 radical (unpaired) electrons. The summed E-state index contributed by atoms with van der Waals surface area (Å²) in [5.41, 5.74) is 0. The van der Waals surface area contributed by atoms with Crippen LogP contribution in [-0.2, 0) is 9.53 Å². The van der Waals surface area contributed by atoms with Gasteiger partial charge in [-0.25, -0.2) is 0 Å². The summed E-state index contributed by atoms with van der Waals surface area (Å²) < 4.78 is 4.58. The average molecular weight is 360 g/mol. The zero-order valence-electron chi connectivity index (χ0n) is 12.5. The third-order valence-electron chi connectivity index (χ3n) is 3.29. The van der Waals surface area contributed by atoms with Gasteiger partial charge in [0.15, 0.2) is 12.6 Å². The van der Waals surface area contributed by atoms with Gasteiger partial charge in [-0.2, -0.15) is 0 Å². The molecule has 24 heavy (non-hydrogen) atoms.